The summed E-state index contributed by atoms with van der Waals surface area (Å²) in [6.45, 7) is 14.6. The second-order valence-corrected chi connectivity index (χ2v) is 9.57. The Bertz CT molecular complexity index is 957. The minimum Gasteiger partial charge on any atom is -0.353 e. The predicted octanol–water partition coefficient (Wildman–Crippen LogP) is 3.79. The van der Waals surface area contributed by atoms with Crippen molar-refractivity contribution in [1.29, 1.82) is 0 Å². The van der Waals surface area contributed by atoms with E-state index >= 15 is 0 Å². The van der Waals surface area contributed by atoms with Gasteiger partial charge in [0.05, 0.1) is 0 Å². The minimum atomic E-state index is -0.299. The standard InChI is InChI=1S/C24H34N6O2/c1-16(2)21-25-17(3)15-20(27-21)29-11-13-30(14-12-29)23(32)26-19-9-7-18(8-10-19)22(31)28-24(4,5)6/h7-10,15-16H,11-14H2,1-6H3,(H,26,32)(H,28,31). The minimum absolute atomic E-state index is 0.132. The molecule has 0 aliphatic carbocycles. The van der Waals surface area contributed by atoms with Gasteiger partial charge in [-0.05, 0) is 52.0 Å². The van der Waals surface area contributed by atoms with E-state index in [2.05, 4.69) is 34.4 Å². The first kappa shape index (κ1) is 23.5. The van der Waals surface area contributed by atoms with E-state index < -0.39 is 0 Å². The maximum Gasteiger partial charge on any atom is 0.321 e. The summed E-state index contributed by atoms with van der Waals surface area (Å²) >= 11 is 0. The van der Waals surface area contributed by atoms with Gasteiger partial charge in [-0.25, -0.2) is 14.8 Å². The highest BCUT2D eigenvalue weighted by Crippen LogP contribution is 2.19. The van der Waals surface area contributed by atoms with Gasteiger partial charge in [0.2, 0.25) is 0 Å². The average molecular weight is 439 g/mol. The predicted molar refractivity (Wildman–Crippen MR) is 127 cm³/mol. The zero-order valence-corrected chi connectivity index (χ0v) is 19.9. The van der Waals surface area contributed by atoms with Crippen molar-refractivity contribution in [2.24, 2.45) is 0 Å². The Labute approximate surface area is 190 Å². The van der Waals surface area contributed by atoms with Gasteiger partial charge in [-0.2, -0.15) is 0 Å². The normalized spacial score (nSPS) is 14.5. The third-order valence-electron chi connectivity index (χ3n) is 5.15. The van der Waals surface area contributed by atoms with Crippen molar-refractivity contribution in [2.75, 3.05) is 36.4 Å². The molecule has 0 bridgehead atoms. The maximum absolute atomic E-state index is 12.7. The van der Waals surface area contributed by atoms with Crippen molar-refractivity contribution in [3.63, 3.8) is 0 Å². The first-order chi connectivity index (χ1) is 15.0. The molecule has 2 N–H and O–H groups in total. The third kappa shape index (κ3) is 6.18. The van der Waals surface area contributed by atoms with E-state index in [1.807, 2.05) is 33.8 Å². The summed E-state index contributed by atoms with van der Waals surface area (Å²) in [5, 5.41) is 5.85. The number of carbonyl (C=O) groups excluding carboxylic acids is 2. The summed E-state index contributed by atoms with van der Waals surface area (Å²) in [5.74, 6) is 1.91. The molecule has 0 radical (unpaired) electrons. The molecule has 2 heterocycles. The summed E-state index contributed by atoms with van der Waals surface area (Å²) in [4.78, 5) is 38.2. The largest absolute Gasteiger partial charge is 0.353 e. The fourth-order valence-electron chi connectivity index (χ4n) is 3.45. The molecule has 0 atom stereocenters. The fraction of sp³-hybridized carbons (Fsp3) is 0.500. The van der Waals surface area contributed by atoms with Gasteiger partial charge in [-0.3, -0.25) is 4.79 Å². The molecule has 2 aromatic rings. The van der Waals surface area contributed by atoms with Crippen LogP contribution >= 0.6 is 0 Å². The molecule has 172 valence electrons. The molecule has 0 spiro atoms. The molecule has 8 nitrogen and oxygen atoms in total. The zero-order valence-electron chi connectivity index (χ0n) is 19.9. The Morgan fingerprint density at radius 3 is 2.19 bits per heavy atom. The number of aromatic nitrogens is 2. The molecule has 1 saturated heterocycles. The monoisotopic (exact) mass is 438 g/mol. The number of benzene rings is 1. The topological polar surface area (TPSA) is 90.5 Å². The maximum atomic E-state index is 12.7. The lowest BCUT2D eigenvalue weighted by Gasteiger charge is -2.35. The van der Waals surface area contributed by atoms with Gasteiger partial charge in [0.25, 0.3) is 5.91 Å². The number of carbonyl (C=O) groups is 2. The number of anilines is 2. The highest BCUT2D eigenvalue weighted by molar-refractivity contribution is 5.96. The van der Waals surface area contributed by atoms with Crippen LogP contribution < -0.4 is 15.5 Å². The van der Waals surface area contributed by atoms with E-state index in [0.29, 0.717) is 37.4 Å². The van der Waals surface area contributed by atoms with Crippen LogP contribution in [0.2, 0.25) is 0 Å². The van der Waals surface area contributed by atoms with Crippen molar-refractivity contribution in [2.45, 2.75) is 53.0 Å². The summed E-state index contributed by atoms with van der Waals surface area (Å²) in [6, 6.07) is 8.81. The number of nitrogens with one attached hydrogen (secondary N) is 2. The van der Waals surface area contributed by atoms with Crippen LogP contribution in [0, 0.1) is 6.92 Å². The SMILES string of the molecule is Cc1cc(N2CCN(C(=O)Nc3ccc(C(=O)NC(C)(C)C)cc3)CC2)nc(C(C)C)n1. The van der Waals surface area contributed by atoms with Crippen LogP contribution in [-0.2, 0) is 0 Å². The van der Waals surface area contributed by atoms with Gasteiger partial charge < -0.3 is 20.4 Å². The molecule has 1 aliphatic heterocycles. The molecule has 3 rings (SSSR count). The van der Waals surface area contributed by atoms with Gasteiger partial charge in [0, 0.05) is 60.6 Å². The average Bonchev–Trinajstić information content (AvgIpc) is 2.72. The molecule has 0 unspecified atom stereocenters. The Balaban J connectivity index is 1.55. The highest BCUT2D eigenvalue weighted by atomic mass is 16.2. The van der Waals surface area contributed by atoms with Crippen molar-refractivity contribution < 1.29 is 9.59 Å². The van der Waals surface area contributed by atoms with E-state index in [1.54, 1.807) is 29.2 Å². The lowest BCUT2D eigenvalue weighted by molar-refractivity contribution is 0.0919. The molecule has 8 heteroatoms. The summed E-state index contributed by atoms with van der Waals surface area (Å²) in [7, 11) is 0. The molecular weight excluding hydrogens is 404 g/mol. The van der Waals surface area contributed by atoms with Crippen LogP contribution in [0.4, 0.5) is 16.3 Å². The Morgan fingerprint density at radius 1 is 1.00 bits per heavy atom. The van der Waals surface area contributed by atoms with Crippen molar-refractivity contribution >= 4 is 23.4 Å². The number of rotatable bonds is 4. The van der Waals surface area contributed by atoms with Crippen LogP contribution in [-0.4, -0.2) is 58.5 Å². The van der Waals surface area contributed by atoms with Gasteiger partial charge in [0.1, 0.15) is 11.6 Å². The molecule has 1 aromatic carbocycles. The number of amides is 3. The smallest absolute Gasteiger partial charge is 0.321 e. The summed E-state index contributed by atoms with van der Waals surface area (Å²) < 4.78 is 0. The third-order valence-corrected chi connectivity index (χ3v) is 5.15. The van der Waals surface area contributed by atoms with Crippen LogP contribution in [0.5, 0.6) is 0 Å². The Morgan fingerprint density at radius 2 is 1.62 bits per heavy atom. The number of nitrogens with zero attached hydrogens (tertiary/aromatic N) is 4. The number of hydrogen-bond donors (Lipinski definition) is 2. The van der Waals surface area contributed by atoms with Crippen molar-refractivity contribution in [3.05, 3.63) is 47.4 Å². The van der Waals surface area contributed by atoms with Crippen molar-refractivity contribution in [3.8, 4) is 0 Å². The molecule has 3 amide bonds. The Kier molecular flexibility index (Phi) is 7.01. The summed E-state index contributed by atoms with van der Waals surface area (Å²) in [6.07, 6.45) is 0. The zero-order chi connectivity index (χ0) is 23.5. The van der Waals surface area contributed by atoms with Crippen LogP contribution in [0.3, 0.4) is 0 Å². The van der Waals surface area contributed by atoms with Crippen LogP contribution in [0.1, 0.15) is 62.4 Å². The van der Waals surface area contributed by atoms with Crippen molar-refractivity contribution in [1.82, 2.24) is 20.2 Å². The number of piperazine rings is 1. The van der Waals surface area contributed by atoms with E-state index in [9.17, 15) is 9.59 Å². The highest BCUT2D eigenvalue weighted by Gasteiger charge is 2.23. The molecule has 0 saturated carbocycles. The molecule has 1 fully saturated rings. The quantitative estimate of drug-likeness (QED) is 0.758. The summed E-state index contributed by atoms with van der Waals surface area (Å²) in [5.41, 5.74) is 1.89. The van der Waals surface area contributed by atoms with E-state index in [-0.39, 0.29) is 23.4 Å². The fourth-order valence-corrected chi connectivity index (χ4v) is 3.45. The number of aryl methyl sites for hydroxylation is 1. The number of hydrogen-bond acceptors (Lipinski definition) is 5. The number of urea groups is 1. The lowest BCUT2D eigenvalue weighted by Crippen LogP contribution is -2.50. The first-order valence-electron chi connectivity index (χ1n) is 11.1. The lowest BCUT2D eigenvalue weighted by atomic mass is 10.1. The second-order valence-electron chi connectivity index (χ2n) is 9.57. The van der Waals surface area contributed by atoms with E-state index in [1.165, 1.54) is 0 Å². The van der Waals surface area contributed by atoms with E-state index in [0.717, 1.165) is 17.3 Å². The molecule has 1 aliphatic rings. The molecule has 1 aromatic heterocycles. The second kappa shape index (κ2) is 9.54. The van der Waals surface area contributed by atoms with Gasteiger partial charge in [0.15, 0.2) is 0 Å². The van der Waals surface area contributed by atoms with Gasteiger partial charge in [-0.1, -0.05) is 13.8 Å². The van der Waals surface area contributed by atoms with Crippen LogP contribution in [0.25, 0.3) is 0 Å². The van der Waals surface area contributed by atoms with Crippen LogP contribution in [0.15, 0.2) is 30.3 Å². The van der Waals surface area contributed by atoms with Gasteiger partial charge >= 0.3 is 6.03 Å². The van der Waals surface area contributed by atoms with Gasteiger partial charge in [-0.15, -0.1) is 0 Å². The molecular formula is C24H34N6O2. The molecule has 32 heavy (non-hydrogen) atoms. The van der Waals surface area contributed by atoms with E-state index in [4.69, 9.17) is 4.98 Å². The first-order valence-corrected chi connectivity index (χ1v) is 11.1. The Hall–Kier alpha value is -3.16.